The molecule has 7 heteroatoms. The Bertz CT molecular complexity index is 1700. The summed E-state index contributed by atoms with van der Waals surface area (Å²) in [7, 11) is 3.20. The normalized spacial score (nSPS) is 16.6. The van der Waals surface area contributed by atoms with E-state index in [1.807, 2.05) is 59.2 Å². The number of aryl methyl sites for hydroxylation is 1. The first-order valence-electron chi connectivity index (χ1n) is 11.7. The lowest BCUT2D eigenvalue weighted by atomic mass is 9.83. The summed E-state index contributed by atoms with van der Waals surface area (Å²) in [4.78, 5) is 19.6. The van der Waals surface area contributed by atoms with Crippen molar-refractivity contribution >= 4 is 34.7 Å². The highest BCUT2D eigenvalue weighted by Crippen LogP contribution is 2.41. The van der Waals surface area contributed by atoms with Crippen LogP contribution in [0.5, 0.6) is 11.5 Å². The molecule has 6 rings (SSSR count). The highest BCUT2D eigenvalue weighted by molar-refractivity contribution is 7.07. The molecule has 0 saturated heterocycles. The number of fused-ring (bicyclic) bond motifs is 3. The summed E-state index contributed by atoms with van der Waals surface area (Å²) in [6, 6.07) is 21.6. The van der Waals surface area contributed by atoms with Gasteiger partial charge in [0.05, 0.1) is 30.5 Å². The summed E-state index contributed by atoms with van der Waals surface area (Å²) in [6.45, 7) is 0. The Hall–Kier alpha value is -3.61. The molecule has 4 aromatic rings. The molecule has 1 aliphatic heterocycles. The van der Waals surface area contributed by atoms with Gasteiger partial charge in [0.1, 0.15) is 0 Å². The summed E-state index contributed by atoms with van der Waals surface area (Å²) in [5.41, 5.74) is 6.42. The maximum atomic E-state index is 13.8. The zero-order valence-corrected chi connectivity index (χ0v) is 21.4. The average Bonchev–Trinajstić information content (AvgIpc) is 3.22. The van der Waals surface area contributed by atoms with Gasteiger partial charge >= 0.3 is 0 Å². The van der Waals surface area contributed by atoms with E-state index in [0.717, 1.165) is 35.2 Å². The van der Waals surface area contributed by atoms with E-state index in [2.05, 4.69) is 18.2 Å². The van der Waals surface area contributed by atoms with Crippen LogP contribution in [-0.2, 0) is 6.42 Å². The van der Waals surface area contributed by atoms with Gasteiger partial charge in [-0.2, -0.15) is 0 Å². The lowest BCUT2D eigenvalue weighted by molar-refractivity contribution is 0.355. The highest BCUT2D eigenvalue weighted by Gasteiger charge is 2.32. The van der Waals surface area contributed by atoms with Crippen molar-refractivity contribution < 1.29 is 9.47 Å². The topological polar surface area (TPSA) is 52.8 Å². The van der Waals surface area contributed by atoms with Crippen molar-refractivity contribution in [2.75, 3.05) is 14.2 Å². The first kappa shape index (κ1) is 22.8. The predicted molar refractivity (Wildman–Crippen MR) is 144 cm³/mol. The van der Waals surface area contributed by atoms with Crippen LogP contribution >= 0.6 is 22.9 Å². The number of ether oxygens (including phenoxy) is 2. The number of hydrogen-bond donors (Lipinski definition) is 0. The minimum atomic E-state index is -0.227. The largest absolute Gasteiger partial charge is 0.493 e. The van der Waals surface area contributed by atoms with E-state index < -0.39 is 0 Å². The van der Waals surface area contributed by atoms with Crippen molar-refractivity contribution in [3.63, 3.8) is 0 Å². The molecule has 5 nitrogen and oxygen atoms in total. The number of methoxy groups -OCH3 is 2. The van der Waals surface area contributed by atoms with E-state index in [1.54, 1.807) is 14.2 Å². The molecular formula is C29H23ClN2O3S. The Balaban J connectivity index is 1.58. The second-order valence-electron chi connectivity index (χ2n) is 8.78. The van der Waals surface area contributed by atoms with E-state index >= 15 is 0 Å². The minimum absolute atomic E-state index is 0.0566. The van der Waals surface area contributed by atoms with Crippen LogP contribution in [0.2, 0.25) is 5.02 Å². The number of hydrogen-bond acceptors (Lipinski definition) is 5. The Morgan fingerprint density at radius 3 is 2.56 bits per heavy atom. The second kappa shape index (κ2) is 9.12. The van der Waals surface area contributed by atoms with Crippen molar-refractivity contribution in [3.8, 4) is 11.5 Å². The van der Waals surface area contributed by atoms with Crippen LogP contribution in [0.3, 0.4) is 0 Å². The number of halogens is 1. The maximum Gasteiger partial charge on any atom is 0.271 e. The number of aromatic nitrogens is 1. The molecule has 1 aromatic heterocycles. The van der Waals surface area contributed by atoms with Crippen molar-refractivity contribution in [1.82, 2.24) is 4.57 Å². The van der Waals surface area contributed by atoms with Gasteiger partial charge in [0.15, 0.2) is 16.3 Å². The van der Waals surface area contributed by atoms with Crippen LogP contribution in [0.25, 0.3) is 11.8 Å². The molecule has 1 unspecified atom stereocenters. The quantitative estimate of drug-likeness (QED) is 0.385. The van der Waals surface area contributed by atoms with Gasteiger partial charge in [0.2, 0.25) is 0 Å². The molecule has 1 aliphatic carbocycles. The van der Waals surface area contributed by atoms with Gasteiger partial charge in [-0.25, -0.2) is 4.99 Å². The molecule has 2 heterocycles. The third-order valence-electron chi connectivity index (χ3n) is 6.76. The Kier molecular flexibility index (Phi) is 5.78. The summed E-state index contributed by atoms with van der Waals surface area (Å²) in [6.07, 6.45) is 3.66. The van der Waals surface area contributed by atoms with E-state index in [9.17, 15) is 4.79 Å². The maximum absolute atomic E-state index is 13.8. The van der Waals surface area contributed by atoms with Crippen molar-refractivity contribution in [1.29, 1.82) is 0 Å². The fourth-order valence-electron chi connectivity index (χ4n) is 5.06. The van der Waals surface area contributed by atoms with Crippen molar-refractivity contribution in [3.05, 3.63) is 119 Å². The van der Waals surface area contributed by atoms with Crippen molar-refractivity contribution in [2.24, 2.45) is 4.99 Å². The molecule has 180 valence electrons. The third kappa shape index (κ3) is 3.77. The third-order valence-corrected chi connectivity index (χ3v) is 8.00. The zero-order chi connectivity index (χ0) is 24.8. The summed E-state index contributed by atoms with van der Waals surface area (Å²) >= 11 is 7.61. The van der Waals surface area contributed by atoms with Crippen LogP contribution < -0.4 is 24.4 Å². The second-order valence-corrected chi connectivity index (χ2v) is 10.2. The first-order valence-corrected chi connectivity index (χ1v) is 12.9. The average molecular weight is 515 g/mol. The molecule has 0 N–H and O–H groups in total. The lowest BCUT2D eigenvalue weighted by Gasteiger charge is -2.30. The van der Waals surface area contributed by atoms with Crippen LogP contribution in [0.1, 0.15) is 34.7 Å². The Morgan fingerprint density at radius 2 is 1.78 bits per heavy atom. The van der Waals surface area contributed by atoms with Crippen LogP contribution in [-0.4, -0.2) is 18.8 Å². The predicted octanol–water partition coefficient (Wildman–Crippen LogP) is 4.99. The first-order chi connectivity index (χ1) is 17.6. The van der Waals surface area contributed by atoms with Crippen LogP contribution in [0.15, 0.2) is 82.1 Å². The molecule has 0 bridgehead atoms. The van der Waals surface area contributed by atoms with Gasteiger partial charge in [-0.15, -0.1) is 0 Å². The molecule has 0 radical (unpaired) electrons. The van der Waals surface area contributed by atoms with E-state index in [1.165, 1.54) is 22.5 Å². The zero-order valence-electron chi connectivity index (χ0n) is 19.8. The molecule has 2 aliphatic rings. The van der Waals surface area contributed by atoms with Crippen molar-refractivity contribution in [2.45, 2.75) is 18.9 Å². The number of thiazole rings is 1. The monoisotopic (exact) mass is 514 g/mol. The smallest absolute Gasteiger partial charge is 0.271 e. The highest BCUT2D eigenvalue weighted by atomic mass is 35.5. The van der Waals surface area contributed by atoms with Gasteiger partial charge in [-0.3, -0.25) is 9.36 Å². The van der Waals surface area contributed by atoms with Crippen LogP contribution in [0, 0.1) is 0 Å². The van der Waals surface area contributed by atoms with Gasteiger partial charge in [-0.1, -0.05) is 65.4 Å². The number of allylic oxidation sites excluding steroid dienone is 1. The number of nitrogens with zero attached hydrogens (tertiary/aromatic N) is 2. The summed E-state index contributed by atoms with van der Waals surface area (Å²) in [5, 5.41) is 0.669. The lowest BCUT2D eigenvalue weighted by Crippen LogP contribution is -2.38. The molecule has 1 atom stereocenters. The van der Waals surface area contributed by atoms with Gasteiger partial charge in [0.25, 0.3) is 5.56 Å². The fourth-order valence-corrected chi connectivity index (χ4v) is 6.19. The Labute approximate surface area is 217 Å². The van der Waals surface area contributed by atoms with E-state index in [0.29, 0.717) is 25.9 Å². The SMILES string of the molecule is COc1ccc(C=c2sc3n(c2=O)C(c2ccc(Cl)cc2)C2=C(N=3)c3ccccc3CC2)cc1OC. The Morgan fingerprint density at radius 1 is 1.00 bits per heavy atom. The summed E-state index contributed by atoms with van der Waals surface area (Å²) in [5.74, 6) is 1.26. The molecule has 36 heavy (non-hydrogen) atoms. The van der Waals surface area contributed by atoms with Gasteiger partial charge in [0, 0.05) is 10.6 Å². The molecule has 0 amide bonds. The standard InChI is InChI=1S/C29H23ClN2O3S/c1-34-23-14-7-17(15-24(23)35-2)16-25-28(33)32-27(19-8-11-20(30)12-9-19)22-13-10-18-5-3-4-6-21(18)26(22)31-29(32)36-25/h3-9,11-12,14-16,27H,10,13H2,1-2H3. The van der Waals surface area contributed by atoms with Gasteiger partial charge < -0.3 is 9.47 Å². The van der Waals surface area contributed by atoms with Gasteiger partial charge in [-0.05, 0) is 65.4 Å². The number of rotatable bonds is 4. The fraction of sp³-hybridized carbons (Fsp3) is 0.172. The number of benzene rings is 3. The molecule has 3 aromatic carbocycles. The molecule has 0 saturated carbocycles. The molecule has 0 fully saturated rings. The van der Waals surface area contributed by atoms with E-state index in [-0.39, 0.29) is 11.6 Å². The molecule has 0 spiro atoms. The van der Waals surface area contributed by atoms with E-state index in [4.69, 9.17) is 26.1 Å². The molecular weight excluding hydrogens is 492 g/mol. The summed E-state index contributed by atoms with van der Waals surface area (Å²) < 4.78 is 13.3. The minimum Gasteiger partial charge on any atom is -0.493 e. The van der Waals surface area contributed by atoms with Crippen LogP contribution in [0.4, 0.5) is 0 Å².